The third-order valence-corrected chi connectivity index (χ3v) is 6.49. The number of alkyl halides is 3. The van der Waals surface area contributed by atoms with Crippen molar-refractivity contribution in [1.29, 1.82) is 0 Å². The zero-order valence-corrected chi connectivity index (χ0v) is 18.6. The summed E-state index contributed by atoms with van der Waals surface area (Å²) in [5.41, 5.74) is 2.02. The van der Waals surface area contributed by atoms with Crippen LogP contribution in [0.3, 0.4) is 0 Å². The average molecular weight is 474 g/mol. The molecule has 34 heavy (non-hydrogen) atoms. The van der Waals surface area contributed by atoms with E-state index in [2.05, 4.69) is 31.6 Å². The first-order chi connectivity index (χ1) is 16.4. The first kappa shape index (κ1) is 22.6. The molecular formula is C23H26F3N7O. The number of carbonyl (C=O) groups excluding carboxylic acids is 1. The fourth-order valence-electron chi connectivity index (χ4n) is 4.69. The molecule has 2 aliphatic heterocycles. The zero-order chi connectivity index (χ0) is 23.7. The van der Waals surface area contributed by atoms with E-state index in [-0.39, 0.29) is 17.5 Å². The molecule has 2 aromatic heterocycles. The Balaban J connectivity index is 1.19. The van der Waals surface area contributed by atoms with Crippen molar-refractivity contribution in [3.63, 3.8) is 0 Å². The van der Waals surface area contributed by atoms with Gasteiger partial charge in [-0.05, 0) is 68.6 Å². The van der Waals surface area contributed by atoms with Crippen LogP contribution in [0, 0.1) is 5.92 Å². The van der Waals surface area contributed by atoms with Crippen LogP contribution in [0.25, 0.3) is 5.65 Å². The van der Waals surface area contributed by atoms with E-state index >= 15 is 0 Å². The number of rotatable bonds is 5. The largest absolute Gasteiger partial charge is 0.453 e. The number of carbonyl (C=O) groups is 1. The Labute approximate surface area is 194 Å². The summed E-state index contributed by atoms with van der Waals surface area (Å²) >= 11 is 0. The molecule has 0 unspecified atom stereocenters. The number of anilines is 2. The third-order valence-electron chi connectivity index (χ3n) is 6.49. The molecule has 0 spiro atoms. The van der Waals surface area contributed by atoms with Crippen molar-refractivity contribution in [1.82, 2.24) is 24.7 Å². The number of hydrogen-bond acceptors (Lipinski definition) is 6. The molecule has 1 N–H and O–H groups in total. The van der Waals surface area contributed by atoms with E-state index in [1.165, 1.54) is 24.5 Å². The lowest BCUT2D eigenvalue weighted by atomic mass is 9.95. The molecule has 0 bridgehead atoms. The van der Waals surface area contributed by atoms with Gasteiger partial charge in [-0.25, -0.2) is 0 Å². The number of likely N-dealkylation sites (tertiary alicyclic amines) is 1. The summed E-state index contributed by atoms with van der Waals surface area (Å²) in [6.07, 6.45) is -0.981. The lowest BCUT2D eigenvalue weighted by Gasteiger charge is -2.32. The third kappa shape index (κ3) is 4.84. The summed E-state index contributed by atoms with van der Waals surface area (Å²) in [5.74, 6) is -0.931. The minimum Gasteiger partial charge on any atom is -0.355 e. The molecule has 0 atom stereocenters. The molecule has 180 valence electrons. The SMILES string of the molecule is O=C(Nc1cccc(CN2CCCC2)c1)C1CCN(c2ccc3nnc(C(F)(F)F)n3n2)CC1. The molecule has 0 radical (unpaired) electrons. The minimum atomic E-state index is -4.64. The van der Waals surface area contributed by atoms with Gasteiger partial charge >= 0.3 is 6.18 Å². The highest BCUT2D eigenvalue weighted by Gasteiger charge is 2.38. The molecule has 2 aliphatic rings. The van der Waals surface area contributed by atoms with E-state index < -0.39 is 12.0 Å². The van der Waals surface area contributed by atoms with E-state index in [0.29, 0.717) is 31.7 Å². The zero-order valence-electron chi connectivity index (χ0n) is 18.6. The van der Waals surface area contributed by atoms with Gasteiger partial charge in [0.05, 0.1) is 0 Å². The Hall–Kier alpha value is -3.21. The van der Waals surface area contributed by atoms with Crippen molar-refractivity contribution < 1.29 is 18.0 Å². The molecule has 3 aromatic rings. The van der Waals surface area contributed by atoms with E-state index in [1.807, 2.05) is 23.1 Å². The Morgan fingerprint density at radius 3 is 2.53 bits per heavy atom. The number of halogens is 3. The predicted octanol–water partition coefficient (Wildman–Crippen LogP) is 3.59. The van der Waals surface area contributed by atoms with Crippen LogP contribution >= 0.6 is 0 Å². The number of piperidine rings is 1. The monoisotopic (exact) mass is 473 g/mol. The first-order valence-electron chi connectivity index (χ1n) is 11.5. The number of amides is 1. The average Bonchev–Trinajstić information content (AvgIpc) is 3.48. The molecule has 1 aromatic carbocycles. The van der Waals surface area contributed by atoms with E-state index in [1.54, 1.807) is 6.07 Å². The van der Waals surface area contributed by atoms with Crippen LogP contribution in [0.4, 0.5) is 24.7 Å². The molecule has 2 saturated heterocycles. The van der Waals surface area contributed by atoms with Crippen molar-refractivity contribution in [2.24, 2.45) is 5.92 Å². The molecule has 2 fully saturated rings. The molecular weight excluding hydrogens is 447 g/mol. The lowest BCUT2D eigenvalue weighted by Crippen LogP contribution is -2.38. The highest BCUT2D eigenvalue weighted by atomic mass is 19.4. The van der Waals surface area contributed by atoms with Gasteiger partial charge in [0, 0.05) is 31.2 Å². The van der Waals surface area contributed by atoms with Crippen molar-refractivity contribution in [3.05, 3.63) is 47.8 Å². The highest BCUT2D eigenvalue weighted by Crippen LogP contribution is 2.29. The van der Waals surface area contributed by atoms with Crippen LogP contribution in [0.2, 0.25) is 0 Å². The quantitative estimate of drug-likeness (QED) is 0.610. The van der Waals surface area contributed by atoms with E-state index in [9.17, 15) is 18.0 Å². The van der Waals surface area contributed by atoms with Crippen LogP contribution in [0.1, 0.15) is 37.1 Å². The maximum Gasteiger partial charge on any atom is 0.453 e. The van der Waals surface area contributed by atoms with Gasteiger partial charge in [0.15, 0.2) is 5.65 Å². The van der Waals surface area contributed by atoms with Crippen LogP contribution in [-0.4, -0.2) is 56.8 Å². The predicted molar refractivity (Wildman–Crippen MR) is 120 cm³/mol. The first-order valence-corrected chi connectivity index (χ1v) is 11.5. The smallest absolute Gasteiger partial charge is 0.355 e. The molecule has 5 rings (SSSR count). The minimum absolute atomic E-state index is 0.0282. The number of benzene rings is 1. The molecule has 11 heteroatoms. The Kier molecular flexibility index (Phi) is 6.11. The van der Waals surface area contributed by atoms with Gasteiger partial charge in [0.25, 0.3) is 5.82 Å². The van der Waals surface area contributed by atoms with Crippen molar-refractivity contribution in [3.8, 4) is 0 Å². The lowest BCUT2D eigenvalue weighted by molar-refractivity contribution is -0.146. The second-order valence-electron chi connectivity index (χ2n) is 8.92. The van der Waals surface area contributed by atoms with Crippen molar-refractivity contribution >= 4 is 23.1 Å². The van der Waals surface area contributed by atoms with Gasteiger partial charge in [-0.1, -0.05) is 12.1 Å². The fraction of sp³-hybridized carbons (Fsp3) is 0.478. The van der Waals surface area contributed by atoms with Crippen LogP contribution in [0.15, 0.2) is 36.4 Å². The summed E-state index contributed by atoms with van der Waals surface area (Å²) in [6, 6.07) is 11.1. The number of nitrogens with one attached hydrogen (secondary N) is 1. The van der Waals surface area contributed by atoms with Crippen molar-refractivity contribution in [2.45, 2.75) is 38.4 Å². The molecule has 8 nitrogen and oxygen atoms in total. The standard InChI is InChI=1S/C23H26F3N7O/c24-23(25,26)22-29-28-19-6-7-20(30-33(19)22)32-12-8-17(9-13-32)21(34)27-18-5-3-4-16(14-18)15-31-10-1-2-11-31/h3-7,14,17H,1-2,8-13,15H2,(H,27,34). The number of fused-ring (bicyclic) bond motifs is 1. The summed E-state index contributed by atoms with van der Waals surface area (Å²) < 4.78 is 40.2. The second-order valence-corrected chi connectivity index (χ2v) is 8.92. The van der Waals surface area contributed by atoms with Crippen LogP contribution in [0.5, 0.6) is 0 Å². The molecule has 0 saturated carbocycles. The van der Waals surface area contributed by atoms with Gasteiger partial charge in [-0.15, -0.1) is 15.3 Å². The maximum atomic E-state index is 13.1. The number of hydrogen-bond donors (Lipinski definition) is 1. The Morgan fingerprint density at radius 1 is 1.03 bits per heavy atom. The summed E-state index contributed by atoms with van der Waals surface area (Å²) in [7, 11) is 0. The van der Waals surface area contributed by atoms with Gasteiger partial charge in [-0.2, -0.15) is 17.7 Å². The van der Waals surface area contributed by atoms with Crippen LogP contribution < -0.4 is 10.2 Å². The Morgan fingerprint density at radius 2 is 1.79 bits per heavy atom. The van der Waals surface area contributed by atoms with Gasteiger partial charge < -0.3 is 10.2 Å². The van der Waals surface area contributed by atoms with Gasteiger partial charge in [0.1, 0.15) is 5.82 Å². The normalized spacial score (nSPS) is 18.0. The molecule has 1 amide bonds. The van der Waals surface area contributed by atoms with Gasteiger partial charge in [0.2, 0.25) is 5.91 Å². The fourth-order valence-corrected chi connectivity index (χ4v) is 4.69. The Bertz CT molecular complexity index is 1160. The summed E-state index contributed by atoms with van der Waals surface area (Å²) in [4.78, 5) is 17.2. The number of nitrogens with zero attached hydrogens (tertiary/aromatic N) is 6. The van der Waals surface area contributed by atoms with E-state index in [4.69, 9.17) is 0 Å². The summed E-state index contributed by atoms with van der Waals surface area (Å²) in [6.45, 7) is 4.17. The topological polar surface area (TPSA) is 78.7 Å². The van der Waals surface area contributed by atoms with Crippen molar-refractivity contribution in [2.75, 3.05) is 36.4 Å². The summed E-state index contributed by atoms with van der Waals surface area (Å²) in [5, 5.41) is 13.9. The molecule has 0 aliphatic carbocycles. The van der Waals surface area contributed by atoms with Gasteiger partial charge in [-0.3, -0.25) is 9.69 Å². The second kappa shape index (κ2) is 9.21. The number of aromatic nitrogens is 4. The maximum absolute atomic E-state index is 13.1. The van der Waals surface area contributed by atoms with Crippen LogP contribution in [-0.2, 0) is 17.5 Å². The highest BCUT2D eigenvalue weighted by molar-refractivity contribution is 5.92. The van der Waals surface area contributed by atoms with E-state index in [0.717, 1.165) is 29.8 Å². The molecule has 4 heterocycles.